The van der Waals surface area contributed by atoms with Crippen LogP contribution in [0.4, 0.5) is 5.69 Å². The fourth-order valence-corrected chi connectivity index (χ4v) is 5.49. The van der Waals surface area contributed by atoms with Gasteiger partial charge in [-0.3, -0.25) is 13.9 Å². The van der Waals surface area contributed by atoms with E-state index >= 15 is 0 Å². The van der Waals surface area contributed by atoms with Crippen molar-refractivity contribution in [3.05, 3.63) is 63.6 Å². The highest BCUT2D eigenvalue weighted by Gasteiger charge is 2.29. The van der Waals surface area contributed by atoms with Crippen LogP contribution in [0, 0.1) is 12.8 Å². The smallest absolute Gasteiger partial charge is 0.242 e. The summed E-state index contributed by atoms with van der Waals surface area (Å²) < 4.78 is 26.4. The molecule has 37 heavy (non-hydrogen) atoms. The van der Waals surface area contributed by atoms with Gasteiger partial charge in [-0.05, 0) is 55.0 Å². The van der Waals surface area contributed by atoms with Crippen LogP contribution in [0.25, 0.3) is 0 Å². The van der Waals surface area contributed by atoms with Gasteiger partial charge in [-0.25, -0.2) is 8.42 Å². The predicted octanol–water partition coefficient (Wildman–Crippen LogP) is 5.43. The lowest BCUT2D eigenvalue weighted by Crippen LogP contribution is -2.49. The quantitative estimate of drug-likeness (QED) is 0.348. The number of nitrogens with zero attached hydrogens (tertiary/aromatic N) is 2. The van der Waals surface area contributed by atoms with Gasteiger partial charge in [-0.15, -0.1) is 0 Å². The standard InChI is InChI=1S/C27H37Cl2N3O4S/c1-6-24(27(34)30-17-19(2)3)31(18-21-13-14-22(28)16-23(21)29)26(33)12-9-15-32(37(5,35)36)25-11-8-7-10-20(25)4/h7-8,10-11,13-14,16,19,24H,6,9,12,15,17-18H2,1-5H3,(H,30,34). The van der Waals surface area contributed by atoms with Gasteiger partial charge < -0.3 is 10.2 Å². The van der Waals surface area contributed by atoms with E-state index < -0.39 is 16.1 Å². The van der Waals surface area contributed by atoms with Crippen molar-refractivity contribution >= 4 is 50.7 Å². The minimum absolute atomic E-state index is 0.0665. The second-order valence-electron chi connectivity index (χ2n) is 9.55. The Hall–Kier alpha value is -2.29. The highest BCUT2D eigenvalue weighted by atomic mass is 35.5. The molecule has 0 radical (unpaired) electrons. The van der Waals surface area contributed by atoms with Gasteiger partial charge in [0.2, 0.25) is 21.8 Å². The molecule has 7 nitrogen and oxygen atoms in total. The lowest BCUT2D eigenvalue weighted by Gasteiger charge is -2.31. The van der Waals surface area contributed by atoms with E-state index in [1.54, 1.807) is 30.3 Å². The molecule has 2 aromatic rings. The van der Waals surface area contributed by atoms with Crippen molar-refractivity contribution in [2.45, 2.75) is 59.5 Å². The number of nitrogens with one attached hydrogen (secondary N) is 1. The first kappa shape index (κ1) is 30.9. The van der Waals surface area contributed by atoms with Gasteiger partial charge >= 0.3 is 0 Å². The second kappa shape index (κ2) is 14.0. The van der Waals surface area contributed by atoms with Crippen LogP contribution in [0.2, 0.25) is 10.0 Å². The van der Waals surface area contributed by atoms with Crippen LogP contribution in [0.1, 0.15) is 51.2 Å². The van der Waals surface area contributed by atoms with Crippen molar-refractivity contribution in [1.29, 1.82) is 0 Å². The summed E-state index contributed by atoms with van der Waals surface area (Å²) in [5, 5.41) is 3.81. The maximum absolute atomic E-state index is 13.5. The Kier molecular flexibility index (Phi) is 11.7. The number of rotatable bonds is 13. The maximum Gasteiger partial charge on any atom is 0.242 e. The van der Waals surface area contributed by atoms with Gasteiger partial charge in [-0.2, -0.15) is 0 Å². The van der Waals surface area contributed by atoms with E-state index in [-0.39, 0.29) is 43.7 Å². The van der Waals surface area contributed by atoms with Crippen molar-refractivity contribution in [3.63, 3.8) is 0 Å². The molecule has 0 aliphatic rings. The van der Waals surface area contributed by atoms with Crippen LogP contribution in [0.3, 0.4) is 0 Å². The number of carbonyl (C=O) groups excluding carboxylic acids is 2. The first-order valence-corrected chi connectivity index (χ1v) is 15.0. The average molecular weight is 571 g/mol. The number of para-hydroxylation sites is 1. The molecule has 1 unspecified atom stereocenters. The Bertz CT molecular complexity index is 1190. The van der Waals surface area contributed by atoms with E-state index in [1.807, 2.05) is 39.8 Å². The lowest BCUT2D eigenvalue weighted by molar-refractivity contribution is -0.141. The molecule has 0 spiro atoms. The van der Waals surface area contributed by atoms with Gasteiger partial charge in [-0.1, -0.05) is 68.2 Å². The number of carbonyl (C=O) groups is 2. The van der Waals surface area contributed by atoms with E-state index in [0.29, 0.717) is 34.3 Å². The molecule has 0 fully saturated rings. The molecule has 1 N–H and O–H groups in total. The molecule has 0 aromatic heterocycles. The Balaban J connectivity index is 2.26. The lowest BCUT2D eigenvalue weighted by atomic mass is 10.1. The Morgan fingerprint density at radius 1 is 1.08 bits per heavy atom. The van der Waals surface area contributed by atoms with E-state index in [9.17, 15) is 18.0 Å². The third-order valence-corrected chi connectivity index (χ3v) is 7.73. The van der Waals surface area contributed by atoms with E-state index in [1.165, 1.54) is 9.21 Å². The van der Waals surface area contributed by atoms with Crippen molar-refractivity contribution in [3.8, 4) is 0 Å². The predicted molar refractivity (Wildman–Crippen MR) is 152 cm³/mol. The summed E-state index contributed by atoms with van der Waals surface area (Å²) in [4.78, 5) is 28.1. The molecule has 0 saturated heterocycles. The summed E-state index contributed by atoms with van der Waals surface area (Å²) in [5.74, 6) is -0.220. The van der Waals surface area contributed by atoms with Crippen LogP contribution in [-0.2, 0) is 26.2 Å². The van der Waals surface area contributed by atoms with Gasteiger partial charge in [0, 0.05) is 36.1 Å². The molecule has 2 amide bonds. The SMILES string of the molecule is CCC(C(=O)NCC(C)C)N(Cc1ccc(Cl)cc1Cl)C(=O)CCCN(c1ccccc1C)S(C)(=O)=O. The number of amides is 2. The Morgan fingerprint density at radius 3 is 2.32 bits per heavy atom. The molecular formula is C27H37Cl2N3O4S. The van der Waals surface area contributed by atoms with Gasteiger partial charge in [0.05, 0.1) is 11.9 Å². The van der Waals surface area contributed by atoms with Crippen LogP contribution < -0.4 is 9.62 Å². The number of halogens is 2. The van der Waals surface area contributed by atoms with Gasteiger partial charge in [0.25, 0.3) is 0 Å². The van der Waals surface area contributed by atoms with E-state index in [2.05, 4.69) is 5.32 Å². The zero-order valence-electron chi connectivity index (χ0n) is 22.1. The summed E-state index contributed by atoms with van der Waals surface area (Å²) in [6.07, 6.45) is 1.92. The van der Waals surface area contributed by atoms with Crippen LogP contribution in [0.5, 0.6) is 0 Å². The third kappa shape index (κ3) is 9.20. The zero-order valence-corrected chi connectivity index (χ0v) is 24.5. The molecule has 2 rings (SSSR count). The van der Waals surface area contributed by atoms with Crippen LogP contribution >= 0.6 is 23.2 Å². The second-order valence-corrected chi connectivity index (χ2v) is 12.3. The summed E-state index contributed by atoms with van der Waals surface area (Å²) >= 11 is 12.4. The van der Waals surface area contributed by atoms with Crippen molar-refractivity contribution in [2.24, 2.45) is 5.92 Å². The highest BCUT2D eigenvalue weighted by Crippen LogP contribution is 2.25. The molecule has 2 aromatic carbocycles. The first-order valence-electron chi connectivity index (χ1n) is 12.4. The molecular weight excluding hydrogens is 533 g/mol. The van der Waals surface area contributed by atoms with Crippen molar-refractivity contribution in [1.82, 2.24) is 10.2 Å². The summed E-state index contributed by atoms with van der Waals surface area (Å²) in [6.45, 7) is 8.47. The van der Waals surface area contributed by atoms with E-state index in [0.717, 1.165) is 11.8 Å². The minimum Gasteiger partial charge on any atom is -0.354 e. The first-order chi connectivity index (χ1) is 17.3. The fraction of sp³-hybridized carbons (Fsp3) is 0.481. The molecule has 204 valence electrons. The molecule has 0 bridgehead atoms. The molecule has 0 heterocycles. The third-order valence-electron chi connectivity index (χ3n) is 5.96. The molecule has 0 saturated carbocycles. The van der Waals surface area contributed by atoms with E-state index in [4.69, 9.17) is 23.2 Å². The normalized spacial score (nSPS) is 12.3. The molecule has 0 aliphatic carbocycles. The largest absolute Gasteiger partial charge is 0.354 e. The minimum atomic E-state index is -3.55. The van der Waals surface area contributed by atoms with Gasteiger partial charge in [0.15, 0.2) is 0 Å². The Morgan fingerprint density at radius 2 is 1.76 bits per heavy atom. The number of sulfonamides is 1. The van der Waals surface area contributed by atoms with Crippen molar-refractivity contribution < 1.29 is 18.0 Å². The van der Waals surface area contributed by atoms with Crippen LogP contribution in [-0.4, -0.2) is 50.5 Å². The monoisotopic (exact) mass is 569 g/mol. The number of anilines is 1. The summed E-state index contributed by atoms with van der Waals surface area (Å²) in [5.41, 5.74) is 2.08. The topological polar surface area (TPSA) is 86.8 Å². The average Bonchev–Trinajstić information content (AvgIpc) is 2.81. The van der Waals surface area contributed by atoms with Crippen LogP contribution in [0.15, 0.2) is 42.5 Å². The van der Waals surface area contributed by atoms with Gasteiger partial charge in [0.1, 0.15) is 6.04 Å². The molecule has 10 heteroatoms. The zero-order chi connectivity index (χ0) is 27.8. The Labute approximate surface area is 231 Å². The summed E-state index contributed by atoms with van der Waals surface area (Å²) in [6, 6.07) is 11.6. The number of aryl methyl sites for hydroxylation is 1. The highest BCUT2D eigenvalue weighted by molar-refractivity contribution is 7.92. The number of benzene rings is 2. The number of hydrogen-bond acceptors (Lipinski definition) is 4. The maximum atomic E-state index is 13.5. The number of hydrogen-bond donors (Lipinski definition) is 1. The van der Waals surface area contributed by atoms with Crippen molar-refractivity contribution in [2.75, 3.05) is 23.7 Å². The summed E-state index contributed by atoms with van der Waals surface area (Å²) in [7, 11) is -3.55. The molecule has 1 atom stereocenters. The fourth-order valence-electron chi connectivity index (χ4n) is 4.00. The molecule has 0 aliphatic heterocycles.